The summed E-state index contributed by atoms with van der Waals surface area (Å²) in [6.45, 7) is -3.47. The van der Waals surface area contributed by atoms with Gasteiger partial charge in [0.15, 0.2) is 0 Å². The van der Waals surface area contributed by atoms with E-state index in [2.05, 4.69) is 4.98 Å². The van der Waals surface area contributed by atoms with Crippen LogP contribution in [0.2, 0.25) is 0 Å². The molecular formula is C14H14F6N2. The Bertz CT molecular complexity index is 598. The molecule has 22 heavy (non-hydrogen) atoms. The number of alkyl halides is 6. The maximum atomic E-state index is 12.4. The molecule has 122 valence electrons. The number of aromatic amines is 1. The Morgan fingerprint density at radius 2 is 1.50 bits per heavy atom. The van der Waals surface area contributed by atoms with Crippen molar-refractivity contribution in [2.75, 3.05) is 19.6 Å². The zero-order valence-electron chi connectivity index (χ0n) is 11.4. The zero-order valence-corrected chi connectivity index (χ0v) is 11.4. The van der Waals surface area contributed by atoms with E-state index in [1.54, 1.807) is 30.5 Å². The number of nitrogens with zero attached hydrogens (tertiary/aromatic N) is 1. The van der Waals surface area contributed by atoms with E-state index in [9.17, 15) is 26.3 Å². The van der Waals surface area contributed by atoms with Crippen LogP contribution in [0.15, 0.2) is 30.5 Å². The van der Waals surface area contributed by atoms with Crippen molar-refractivity contribution < 1.29 is 26.3 Å². The number of halogens is 6. The molecule has 0 bridgehead atoms. The Morgan fingerprint density at radius 1 is 0.909 bits per heavy atom. The maximum Gasteiger partial charge on any atom is 0.401 e. The van der Waals surface area contributed by atoms with Gasteiger partial charge in [-0.05, 0) is 18.1 Å². The minimum atomic E-state index is -4.66. The van der Waals surface area contributed by atoms with E-state index in [0.717, 1.165) is 10.9 Å². The highest BCUT2D eigenvalue weighted by Gasteiger charge is 2.37. The van der Waals surface area contributed by atoms with E-state index < -0.39 is 25.4 Å². The average Bonchev–Trinajstić information content (AvgIpc) is 2.75. The lowest BCUT2D eigenvalue weighted by molar-refractivity contribution is -0.179. The van der Waals surface area contributed by atoms with E-state index in [1.165, 1.54) is 0 Å². The van der Waals surface area contributed by atoms with Gasteiger partial charge in [-0.1, -0.05) is 18.2 Å². The van der Waals surface area contributed by atoms with Crippen LogP contribution in [-0.2, 0) is 6.42 Å². The SMILES string of the molecule is FC(F)(F)CN(CCc1c[nH]c2ccccc12)CC(F)(F)F. The number of hydrogen-bond donors (Lipinski definition) is 1. The molecule has 0 fully saturated rings. The second kappa shape index (κ2) is 6.20. The van der Waals surface area contributed by atoms with Crippen molar-refractivity contribution in [3.63, 3.8) is 0 Å². The van der Waals surface area contributed by atoms with Crippen LogP contribution in [0.1, 0.15) is 5.56 Å². The van der Waals surface area contributed by atoms with Gasteiger partial charge in [-0.25, -0.2) is 0 Å². The van der Waals surface area contributed by atoms with Crippen LogP contribution in [0.4, 0.5) is 26.3 Å². The van der Waals surface area contributed by atoms with E-state index in [-0.39, 0.29) is 13.0 Å². The number of rotatable bonds is 5. The van der Waals surface area contributed by atoms with Gasteiger partial charge < -0.3 is 4.98 Å². The number of H-pyrrole nitrogens is 1. The molecule has 1 aromatic carbocycles. The van der Waals surface area contributed by atoms with Crippen molar-refractivity contribution in [1.29, 1.82) is 0 Å². The Hall–Kier alpha value is -1.70. The summed E-state index contributed by atoms with van der Waals surface area (Å²) in [5.74, 6) is 0. The van der Waals surface area contributed by atoms with Crippen molar-refractivity contribution in [3.8, 4) is 0 Å². The van der Waals surface area contributed by atoms with Gasteiger partial charge in [0, 0.05) is 23.6 Å². The van der Waals surface area contributed by atoms with Gasteiger partial charge in [0.2, 0.25) is 0 Å². The summed E-state index contributed by atoms with van der Waals surface area (Å²) in [6.07, 6.45) is -7.60. The number of para-hydroxylation sites is 1. The van der Waals surface area contributed by atoms with E-state index in [4.69, 9.17) is 0 Å². The maximum absolute atomic E-state index is 12.4. The Morgan fingerprint density at radius 3 is 2.09 bits per heavy atom. The normalized spacial score (nSPS) is 13.2. The lowest BCUT2D eigenvalue weighted by atomic mass is 10.1. The molecular weight excluding hydrogens is 310 g/mol. The first kappa shape index (κ1) is 16.7. The van der Waals surface area contributed by atoms with Gasteiger partial charge in [-0.15, -0.1) is 0 Å². The molecule has 0 saturated carbocycles. The van der Waals surface area contributed by atoms with Crippen LogP contribution in [0.3, 0.4) is 0 Å². The van der Waals surface area contributed by atoms with Gasteiger partial charge in [-0.3, -0.25) is 4.90 Å². The highest BCUT2D eigenvalue weighted by atomic mass is 19.4. The number of aromatic nitrogens is 1. The smallest absolute Gasteiger partial charge is 0.361 e. The molecule has 0 unspecified atom stereocenters. The molecule has 0 aliphatic heterocycles. The first-order chi connectivity index (χ1) is 10.1. The van der Waals surface area contributed by atoms with E-state index in [0.29, 0.717) is 10.5 Å². The van der Waals surface area contributed by atoms with E-state index >= 15 is 0 Å². The summed E-state index contributed by atoms with van der Waals surface area (Å²) in [5, 5.41) is 0.807. The fourth-order valence-corrected chi connectivity index (χ4v) is 2.34. The van der Waals surface area contributed by atoms with Gasteiger partial charge in [-0.2, -0.15) is 26.3 Å². The quantitative estimate of drug-likeness (QED) is 0.819. The summed E-state index contributed by atoms with van der Waals surface area (Å²) in [6, 6.07) is 7.13. The summed E-state index contributed by atoms with van der Waals surface area (Å²) < 4.78 is 74.3. The molecule has 1 N–H and O–H groups in total. The lowest BCUT2D eigenvalue weighted by Gasteiger charge is -2.24. The van der Waals surface area contributed by atoms with Crippen LogP contribution in [0, 0.1) is 0 Å². The number of benzene rings is 1. The highest BCUT2D eigenvalue weighted by molar-refractivity contribution is 5.83. The van der Waals surface area contributed by atoms with Gasteiger partial charge in [0.05, 0.1) is 13.1 Å². The predicted octanol–water partition coefficient (Wildman–Crippen LogP) is 4.14. The Balaban J connectivity index is 2.07. The summed E-state index contributed by atoms with van der Waals surface area (Å²) in [5.41, 5.74) is 1.50. The summed E-state index contributed by atoms with van der Waals surface area (Å²) >= 11 is 0. The molecule has 0 aliphatic rings. The molecule has 8 heteroatoms. The predicted molar refractivity (Wildman–Crippen MR) is 70.6 cm³/mol. The fourth-order valence-electron chi connectivity index (χ4n) is 2.34. The second-order valence-corrected chi connectivity index (χ2v) is 5.05. The molecule has 2 aromatic rings. The summed E-state index contributed by atoms with van der Waals surface area (Å²) in [7, 11) is 0. The fraction of sp³-hybridized carbons (Fsp3) is 0.429. The highest BCUT2D eigenvalue weighted by Crippen LogP contribution is 2.23. The minimum absolute atomic E-state index is 0.107. The van der Waals surface area contributed by atoms with Crippen molar-refractivity contribution in [2.24, 2.45) is 0 Å². The summed E-state index contributed by atoms with van der Waals surface area (Å²) in [4.78, 5) is 3.32. The third-order valence-electron chi connectivity index (χ3n) is 3.18. The lowest BCUT2D eigenvalue weighted by Crippen LogP contribution is -2.41. The Labute approximate surface area is 122 Å². The number of fused-ring (bicyclic) bond motifs is 1. The van der Waals surface area contributed by atoms with Crippen molar-refractivity contribution in [1.82, 2.24) is 9.88 Å². The molecule has 0 amide bonds. The van der Waals surface area contributed by atoms with Crippen LogP contribution in [0.25, 0.3) is 10.9 Å². The molecule has 1 heterocycles. The van der Waals surface area contributed by atoms with Crippen LogP contribution in [-0.4, -0.2) is 41.9 Å². The molecule has 1 aromatic heterocycles. The first-order valence-electron chi connectivity index (χ1n) is 6.55. The molecule has 0 radical (unpaired) electrons. The second-order valence-electron chi connectivity index (χ2n) is 5.05. The molecule has 0 atom stereocenters. The first-order valence-corrected chi connectivity index (χ1v) is 6.55. The van der Waals surface area contributed by atoms with Crippen molar-refractivity contribution >= 4 is 10.9 Å². The molecule has 2 rings (SSSR count). The standard InChI is InChI=1S/C14H14F6N2/c15-13(16,17)8-22(9-14(18,19)20)6-5-10-7-21-12-4-2-1-3-11(10)12/h1-4,7,21H,5-6,8-9H2. The number of nitrogens with one attached hydrogen (secondary N) is 1. The third-order valence-corrected chi connectivity index (χ3v) is 3.18. The topological polar surface area (TPSA) is 19.0 Å². The van der Waals surface area contributed by atoms with Crippen molar-refractivity contribution in [2.45, 2.75) is 18.8 Å². The number of hydrogen-bond acceptors (Lipinski definition) is 1. The molecule has 0 aliphatic carbocycles. The monoisotopic (exact) mass is 324 g/mol. The van der Waals surface area contributed by atoms with Gasteiger partial charge in [0.25, 0.3) is 0 Å². The molecule has 0 saturated heterocycles. The van der Waals surface area contributed by atoms with Crippen molar-refractivity contribution in [3.05, 3.63) is 36.0 Å². The van der Waals surface area contributed by atoms with E-state index in [1.807, 2.05) is 0 Å². The minimum Gasteiger partial charge on any atom is -0.361 e. The molecule has 0 spiro atoms. The average molecular weight is 324 g/mol. The van der Waals surface area contributed by atoms with Crippen LogP contribution in [0.5, 0.6) is 0 Å². The van der Waals surface area contributed by atoms with Crippen LogP contribution < -0.4 is 0 Å². The molecule has 2 nitrogen and oxygen atoms in total. The Kier molecular flexibility index (Phi) is 4.69. The largest absolute Gasteiger partial charge is 0.401 e. The van der Waals surface area contributed by atoms with Gasteiger partial charge in [0.1, 0.15) is 0 Å². The zero-order chi connectivity index (χ0) is 16.4. The third kappa shape index (κ3) is 4.94. The van der Waals surface area contributed by atoms with Crippen LogP contribution >= 0.6 is 0 Å². The van der Waals surface area contributed by atoms with Gasteiger partial charge >= 0.3 is 12.4 Å².